The number of nitrogens with two attached hydrogens (primary N) is 1. The van der Waals surface area contributed by atoms with Gasteiger partial charge in [-0.15, -0.1) is 23.1 Å². The monoisotopic (exact) mass is 261 g/mol. The summed E-state index contributed by atoms with van der Waals surface area (Å²) in [5.74, 6) is -0.897. The Balaban J connectivity index is 2.18. The predicted octanol–water partition coefficient (Wildman–Crippen LogP) is 0.227. The molecule has 0 aromatic carbocycles. The van der Waals surface area contributed by atoms with Crippen LogP contribution >= 0.6 is 23.1 Å². The highest BCUT2D eigenvalue weighted by Crippen LogP contribution is 2.11. The molecule has 0 aliphatic carbocycles. The first-order valence-electron chi connectivity index (χ1n) is 4.35. The summed E-state index contributed by atoms with van der Waals surface area (Å²) in [5.41, 5.74) is 5.28. The number of nitrogens with one attached hydrogen (secondary N) is 1. The van der Waals surface area contributed by atoms with Crippen molar-refractivity contribution in [2.75, 3.05) is 16.8 Å². The SMILES string of the molecule is N[C@@H](CSCC(=O)Nc1nccs1)C(=O)O. The van der Waals surface area contributed by atoms with Gasteiger partial charge in [-0.25, -0.2) is 4.98 Å². The van der Waals surface area contributed by atoms with E-state index in [2.05, 4.69) is 10.3 Å². The molecule has 1 amide bonds. The van der Waals surface area contributed by atoms with Crippen LogP contribution in [0.1, 0.15) is 0 Å². The van der Waals surface area contributed by atoms with Crippen molar-refractivity contribution < 1.29 is 14.7 Å². The van der Waals surface area contributed by atoms with E-state index in [0.29, 0.717) is 5.13 Å². The van der Waals surface area contributed by atoms with Crippen molar-refractivity contribution in [2.45, 2.75) is 6.04 Å². The Kier molecular flexibility index (Phi) is 5.23. The Bertz CT molecular complexity index is 355. The summed E-state index contributed by atoms with van der Waals surface area (Å²) in [5, 5.41) is 13.4. The Morgan fingerprint density at radius 1 is 1.69 bits per heavy atom. The van der Waals surface area contributed by atoms with Gasteiger partial charge in [0.2, 0.25) is 5.91 Å². The van der Waals surface area contributed by atoms with Crippen LogP contribution < -0.4 is 11.1 Å². The lowest BCUT2D eigenvalue weighted by molar-refractivity contribution is -0.137. The summed E-state index contributed by atoms with van der Waals surface area (Å²) < 4.78 is 0. The number of anilines is 1. The van der Waals surface area contributed by atoms with Crippen LogP contribution in [0, 0.1) is 0 Å². The number of carboxylic acid groups (broad SMARTS) is 1. The van der Waals surface area contributed by atoms with Crippen LogP contribution in [0.2, 0.25) is 0 Å². The highest BCUT2D eigenvalue weighted by molar-refractivity contribution is 8.00. The Labute approximate surface area is 100 Å². The number of thiazole rings is 1. The van der Waals surface area contributed by atoms with E-state index < -0.39 is 12.0 Å². The average molecular weight is 261 g/mol. The minimum atomic E-state index is -1.06. The molecule has 1 aromatic rings. The molecule has 1 heterocycles. The molecule has 1 aromatic heterocycles. The van der Waals surface area contributed by atoms with E-state index in [1.165, 1.54) is 23.1 Å². The quantitative estimate of drug-likeness (QED) is 0.677. The van der Waals surface area contributed by atoms with E-state index in [-0.39, 0.29) is 17.4 Å². The third-order valence-electron chi connectivity index (χ3n) is 1.53. The molecule has 0 spiro atoms. The third kappa shape index (κ3) is 4.60. The highest BCUT2D eigenvalue weighted by atomic mass is 32.2. The van der Waals surface area contributed by atoms with Gasteiger partial charge in [-0.2, -0.15) is 0 Å². The Morgan fingerprint density at radius 2 is 2.44 bits per heavy atom. The van der Waals surface area contributed by atoms with E-state index in [1.54, 1.807) is 11.6 Å². The summed E-state index contributed by atoms with van der Waals surface area (Å²) in [6, 6.07) is -0.933. The molecule has 16 heavy (non-hydrogen) atoms. The molecule has 0 fully saturated rings. The number of hydrogen-bond donors (Lipinski definition) is 3. The maximum atomic E-state index is 11.3. The molecule has 0 saturated heterocycles. The molecule has 1 atom stereocenters. The van der Waals surface area contributed by atoms with Gasteiger partial charge in [0.25, 0.3) is 0 Å². The van der Waals surface area contributed by atoms with E-state index in [0.717, 1.165) is 0 Å². The molecule has 0 unspecified atom stereocenters. The van der Waals surface area contributed by atoms with Crippen LogP contribution in [0.4, 0.5) is 5.13 Å². The van der Waals surface area contributed by atoms with Gasteiger partial charge in [0.15, 0.2) is 5.13 Å². The van der Waals surface area contributed by atoms with Gasteiger partial charge in [-0.1, -0.05) is 0 Å². The number of amides is 1. The standard InChI is InChI=1S/C8H11N3O3S2/c9-5(7(13)14)3-15-4-6(12)11-8-10-1-2-16-8/h1-2,5H,3-4,9H2,(H,13,14)(H,10,11,12)/t5-/m0/s1. The normalized spacial score (nSPS) is 12.1. The summed E-state index contributed by atoms with van der Waals surface area (Å²) in [6.07, 6.45) is 1.59. The largest absolute Gasteiger partial charge is 0.480 e. The second kappa shape index (κ2) is 6.46. The number of rotatable bonds is 6. The number of thioether (sulfide) groups is 1. The summed E-state index contributed by atoms with van der Waals surface area (Å²) >= 11 is 2.50. The maximum Gasteiger partial charge on any atom is 0.321 e. The van der Waals surface area contributed by atoms with Gasteiger partial charge >= 0.3 is 5.97 Å². The zero-order valence-corrected chi connectivity index (χ0v) is 9.88. The topological polar surface area (TPSA) is 105 Å². The van der Waals surface area contributed by atoms with Crippen molar-refractivity contribution in [1.29, 1.82) is 0 Å². The minimum Gasteiger partial charge on any atom is -0.480 e. The van der Waals surface area contributed by atoms with Gasteiger partial charge in [0.05, 0.1) is 5.75 Å². The lowest BCUT2D eigenvalue weighted by Gasteiger charge is -2.05. The number of carbonyl (C=O) groups excluding carboxylic acids is 1. The molecule has 0 saturated carbocycles. The number of hydrogen-bond acceptors (Lipinski definition) is 6. The van der Waals surface area contributed by atoms with Crippen LogP contribution in [-0.4, -0.2) is 39.5 Å². The van der Waals surface area contributed by atoms with Crippen molar-refractivity contribution >= 4 is 40.1 Å². The molecular weight excluding hydrogens is 250 g/mol. The van der Waals surface area contributed by atoms with Crippen molar-refractivity contribution in [3.63, 3.8) is 0 Å². The van der Waals surface area contributed by atoms with Crippen LogP contribution in [0.15, 0.2) is 11.6 Å². The summed E-state index contributed by atoms with van der Waals surface area (Å²) in [7, 11) is 0. The first-order chi connectivity index (χ1) is 7.59. The van der Waals surface area contributed by atoms with E-state index in [9.17, 15) is 9.59 Å². The van der Waals surface area contributed by atoms with Gasteiger partial charge in [-0.05, 0) is 0 Å². The molecule has 8 heteroatoms. The summed E-state index contributed by atoms with van der Waals surface area (Å²) in [6.45, 7) is 0. The maximum absolute atomic E-state index is 11.3. The van der Waals surface area contributed by atoms with E-state index in [4.69, 9.17) is 10.8 Å². The lowest BCUT2D eigenvalue weighted by atomic mass is 10.4. The number of carboxylic acids is 1. The minimum absolute atomic E-state index is 0.167. The lowest BCUT2D eigenvalue weighted by Crippen LogP contribution is -2.33. The molecule has 1 rings (SSSR count). The van der Waals surface area contributed by atoms with Crippen molar-refractivity contribution in [2.24, 2.45) is 5.73 Å². The Hall–Kier alpha value is -1.12. The number of aliphatic carboxylic acids is 1. The van der Waals surface area contributed by atoms with Crippen LogP contribution in [0.3, 0.4) is 0 Å². The molecule has 0 bridgehead atoms. The molecule has 6 nitrogen and oxygen atoms in total. The number of aromatic nitrogens is 1. The zero-order chi connectivity index (χ0) is 12.0. The predicted molar refractivity (Wildman–Crippen MR) is 63.7 cm³/mol. The van der Waals surface area contributed by atoms with E-state index in [1.807, 2.05) is 0 Å². The first kappa shape index (κ1) is 12.9. The zero-order valence-electron chi connectivity index (χ0n) is 8.25. The molecule has 88 valence electrons. The van der Waals surface area contributed by atoms with Gasteiger partial charge in [0, 0.05) is 17.3 Å². The molecular formula is C8H11N3O3S2. The van der Waals surface area contributed by atoms with Crippen LogP contribution in [-0.2, 0) is 9.59 Å². The molecule has 4 N–H and O–H groups in total. The number of carbonyl (C=O) groups is 2. The fraction of sp³-hybridized carbons (Fsp3) is 0.375. The van der Waals surface area contributed by atoms with Gasteiger partial charge in [-0.3, -0.25) is 9.59 Å². The highest BCUT2D eigenvalue weighted by Gasteiger charge is 2.12. The van der Waals surface area contributed by atoms with Crippen molar-refractivity contribution in [3.05, 3.63) is 11.6 Å². The first-order valence-corrected chi connectivity index (χ1v) is 6.38. The third-order valence-corrected chi connectivity index (χ3v) is 3.28. The second-order valence-electron chi connectivity index (χ2n) is 2.85. The summed E-state index contributed by atoms with van der Waals surface area (Å²) in [4.78, 5) is 25.6. The molecule has 0 aliphatic rings. The van der Waals surface area contributed by atoms with Crippen LogP contribution in [0.5, 0.6) is 0 Å². The smallest absolute Gasteiger partial charge is 0.321 e. The fourth-order valence-electron chi connectivity index (χ4n) is 0.790. The average Bonchev–Trinajstić information content (AvgIpc) is 2.70. The fourth-order valence-corrected chi connectivity index (χ4v) is 2.11. The van der Waals surface area contributed by atoms with Crippen molar-refractivity contribution in [3.8, 4) is 0 Å². The van der Waals surface area contributed by atoms with Crippen LogP contribution in [0.25, 0.3) is 0 Å². The Morgan fingerprint density at radius 3 is 3.00 bits per heavy atom. The number of nitrogens with zero attached hydrogens (tertiary/aromatic N) is 1. The van der Waals surface area contributed by atoms with Gasteiger partial charge in [0.1, 0.15) is 6.04 Å². The van der Waals surface area contributed by atoms with Gasteiger partial charge < -0.3 is 16.2 Å². The second-order valence-corrected chi connectivity index (χ2v) is 4.77. The van der Waals surface area contributed by atoms with Crippen molar-refractivity contribution in [1.82, 2.24) is 4.98 Å². The molecule has 0 aliphatic heterocycles. The van der Waals surface area contributed by atoms with E-state index >= 15 is 0 Å². The molecule has 0 radical (unpaired) electrons.